The van der Waals surface area contributed by atoms with Gasteiger partial charge in [-0.2, -0.15) is 0 Å². The van der Waals surface area contributed by atoms with E-state index >= 15 is 0 Å². The summed E-state index contributed by atoms with van der Waals surface area (Å²) >= 11 is 6.46. The smallest absolute Gasteiger partial charge is 0.295 e. The third kappa shape index (κ3) is 4.61. The van der Waals surface area contributed by atoms with Crippen molar-refractivity contribution in [3.8, 4) is 17.2 Å². The lowest BCUT2D eigenvalue weighted by molar-refractivity contribution is 0.0971. The lowest BCUT2D eigenvalue weighted by Gasteiger charge is -2.26. The lowest BCUT2D eigenvalue weighted by atomic mass is 9.97. The number of hydrogen-bond acceptors (Lipinski definition) is 6. The molecule has 0 aliphatic carbocycles. The van der Waals surface area contributed by atoms with E-state index < -0.39 is 11.9 Å². The Morgan fingerprint density at radius 2 is 1.67 bits per heavy atom. The van der Waals surface area contributed by atoms with E-state index in [1.807, 2.05) is 52.0 Å². The van der Waals surface area contributed by atoms with Gasteiger partial charge >= 0.3 is 0 Å². The van der Waals surface area contributed by atoms with E-state index in [4.69, 9.17) is 30.2 Å². The number of rotatable bonds is 8. The Hall–Kier alpha value is -3.97. The molecule has 202 valence electrons. The van der Waals surface area contributed by atoms with Gasteiger partial charge in [-0.15, -0.1) is 0 Å². The minimum atomic E-state index is -0.779. The number of aryl methyl sites for hydroxylation is 2. The SMILES string of the molecule is CCCOc1ccc(C2c3c(oc4cc(C)c(C)cc4c3=O)C(=O)N2c2ccc(OC)c(Cl)c2)cc1OCC. The van der Waals surface area contributed by atoms with Crippen molar-refractivity contribution in [2.24, 2.45) is 0 Å². The van der Waals surface area contributed by atoms with Crippen LogP contribution in [-0.4, -0.2) is 26.2 Å². The summed E-state index contributed by atoms with van der Waals surface area (Å²) in [5, 5.41) is 0.767. The molecule has 0 fully saturated rings. The number of methoxy groups -OCH3 is 1. The van der Waals surface area contributed by atoms with Crippen molar-refractivity contribution < 1.29 is 23.4 Å². The Labute approximate surface area is 231 Å². The summed E-state index contributed by atoms with van der Waals surface area (Å²) in [6.07, 6.45) is 0.844. The van der Waals surface area contributed by atoms with Crippen LogP contribution in [0.15, 0.2) is 57.7 Å². The Morgan fingerprint density at radius 1 is 0.923 bits per heavy atom. The third-order valence-corrected chi connectivity index (χ3v) is 7.24. The molecule has 0 radical (unpaired) electrons. The molecule has 4 aromatic rings. The van der Waals surface area contributed by atoms with Crippen molar-refractivity contribution in [3.05, 3.63) is 91.8 Å². The highest BCUT2D eigenvalue weighted by Gasteiger charge is 2.44. The minimum Gasteiger partial charge on any atom is -0.495 e. The number of ether oxygens (including phenoxy) is 3. The monoisotopic (exact) mass is 547 g/mol. The van der Waals surface area contributed by atoms with E-state index in [0.717, 1.165) is 17.5 Å². The average molecular weight is 548 g/mol. The number of nitrogens with zero attached hydrogens (tertiary/aromatic N) is 1. The van der Waals surface area contributed by atoms with Crippen molar-refractivity contribution in [2.75, 3.05) is 25.2 Å². The second-order valence-corrected chi connectivity index (χ2v) is 9.90. The summed E-state index contributed by atoms with van der Waals surface area (Å²) in [5.74, 6) is 1.19. The molecule has 0 N–H and O–H groups in total. The van der Waals surface area contributed by atoms with Crippen molar-refractivity contribution in [1.82, 2.24) is 0 Å². The first-order valence-electron chi connectivity index (χ1n) is 12.9. The second kappa shape index (κ2) is 10.7. The number of carbonyl (C=O) groups excluding carboxylic acids is 1. The number of carbonyl (C=O) groups is 1. The molecular weight excluding hydrogens is 518 g/mol. The Kier molecular flexibility index (Phi) is 7.28. The fraction of sp³-hybridized carbons (Fsp3) is 0.290. The van der Waals surface area contributed by atoms with Gasteiger partial charge < -0.3 is 18.6 Å². The van der Waals surface area contributed by atoms with Gasteiger partial charge in [0.15, 0.2) is 16.9 Å². The largest absolute Gasteiger partial charge is 0.495 e. The summed E-state index contributed by atoms with van der Waals surface area (Å²) in [7, 11) is 1.52. The molecular formula is C31H30ClNO6. The molecule has 1 aromatic heterocycles. The number of benzene rings is 3. The van der Waals surface area contributed by atoms with Gasteiger partial charge in [0, 0.05) is 5.69 Å². The van der Waals surface area contributed by atoms with Crippen LogP contribution in [0, 0.1) is 13.8 Å². The zero-order valence-electron chi connectivity index (χ0n) is 22.6. The van der Waals surface area contributed by atoms with Crippen LogP contribution in [0.1, 0.15) is 59.1 Å². The van der Waals surface area contributed by atoms with Crippen molar-refractivity contribution in [3.63, 3.8) is 0 Å². The van der Waals surface area contributed by atoms with Crippen LogP contribution < -0.4 is 24.5 Å². The molecule has 1 aliphatic heterocycles. The predicted molar refractivity (Wildman–Crippen MR) is 152 cm³/mol. The van der Waals surface area contributed by atoms with Gasteiger partial charge in [0.2, 0.25) is 5.76 Å². The van der Waals surface area contributed by atoms with Crippen LogP contribution in [0.3, 0.4) is 0 Å². The van der Waals surface area contributed by atoms with Crippen LogP contribution in [0.4, 0.5) is 5.69 Å². The number of anilines is 1. The van der Waals surface area contributed by atoms with Crippen molar-refractivity contribution >= 4 is 34.2 Å². The third-order valence-electron chi connectivity index (χ3n) is 6.95. The van der Waals surface area contributed by atoms with E-state index in [0.29, 0.717) is 57.7 Å². The second-order valence-electron chi connectivity index (χ2n) is 9.49. The number of fused-ring (bicyclic) bond motifs is 2. The maximum atomic E-state index is 14.0. The maximum Gasteiger partial charge on any atom is 0.295 e. The van der Waals surface area contributed by atoms with Crippen LogP contribution >= 0.6 is 11.6 Å². The maximum absolute atomic E-state index is 14.0. The van der Waals surface area contributed by atoms with Gasteiger partial charge in [0.05, 0.1) is 42.3 Å². The molecule has 1 unspecified atom stereocenters. The van der Waals surface area contributed by atoms with E-state index in [1.54, 1.807) is 24.3 Å². The molecule has 2 heterocycles. The topological polar surface area (TPSA) is 78.2 Å². The molecule has 1 amide bonds. The van der Waals surface area contributed by atoms with E-state index in [-0.39, 0.29) is 16.8 Å². The van der Waals surface area contributed by atoms with Crippen LogP contribution in [0.2, 0.25) is 5.02 Å². The summed E-state index contributed by atoms with van der Waals surface area (Å²) in [6.45, 7) is 8.76. The molecule has 0 saturated carbocycles. The van der Waals surface area contributed by atoms with Gasteiger partial charge in [-0.1, -0.05) is 24.6 Å². The first-order chi connectivity index (χ1) is 18.8. The van der Waals surface area contributed by atoms with Gasteiger partial charge in [-0.05, 0) is 86.3 Å². The molecule has 39 heavy (non-hydrogen) atoms. The zero-order chi connectivity index (χ0) is 27.8. The van der Waals surface area contributed by atoms with Gasteiger partial charge in [-0.25, -0.2) is 0 Å². The van der Waals surface area contributed by atoms with Crippen LogP contribution in [0.5, 0.6) is 17.2 Å². The number of hydrogen-bond donors (Lipinski definition) is 0. The molecule has 5 rings (SSSR count). The first-order valence-corrected chi connectivity index (χ1v) is 13.3. The number of amides is 1. The normalized spacial score (nSPS) is 14.6. The Bertz CT molecular complexity index is 1640. The quantitative estimate of drug-likeness (QED) is 0.236. The molecule has 0 bridgehead atoms. The van der Waals surface area contributed by atoms with Crippen LogP contribution in [-0.2, 0) is 0 Å². The molecule has 8 heteroatoms. The lowest BCUT2D eigenvalue weighted by Crippen LogP contribution is -2.29. The highest BCUT2D eigenvalue weighted by molar-refractivity contribution is 6.32. The Balaban J connectivity index is 1.77. The highest BCUT2D eigenvalue weighted by atomic mass is 35.5. The van der Waals surface area contributed by atoms with E-state index in [1.165, 1.54) is 12.0 Å². The molecule has 7 nitrogen and oxygen atoms in total. The molecule has 1 aliphatic rings. The minimum absolute atomic E-state index is 0.0111. The summed E-state index contributed by atoms with van der Waals surface area (Å²) in [4.78, 5) is 29.6. The van der Waals surface area contributed by atoms with Crippen LogP contribution in [0.25, 0.3) is 11.0 Å². The highest BCUT2D eigenvalue weighted by Crippen LogP contribution is 2.44. The first kappa shape index (κ1) is 26.6. The fourth-order valence-corrected chi connectivity index (χ4v) is 5.16. The fourth-order valence-electron chi connectivity index (χ4n) is 4.91. The van der Waals surface area contributed by atoms with E-state index in [2.05, 4.69) is 0 Å². The van der Waals surface area contributed by atoms with Gasteiger partial charge in [0.25, 0.3) is 5.91 Å². The zero-order valence-corrected chi connectivity index (χ0v) is 23.3. The Morgan fingerprint density at radius 3 is 2.36 bits per heavy atom. The molecule has 0 saturated heterocycles. The number of halogens is 1. The van der Waals surface area contributed by atoms with Gasteiger partial charge in [0.1, 0.15) is 11.3 Å². The molecule has 1 atom stereocenters. The average Bonchev–Trinajstić information content (AvgIpc) is 3.21. The molecule has 3 aromatic carbocycles. The summed E-state index contributed by atoms with van der Waals surface area (Å²) in [5.41, 5.74) is 3.51. The van der Waals surface area contributed by atoms with E-state index in [9.17, 15) is 9.59 Å². The van der Waals surface area contributed by atoms with Crippen molar-refractivity contribution in [1.29, 1.82) is 0 Å². The predicted octanol–water partition coefficient (Wildman–Crippen LogP) is 7.01. The van der Waals surface area contributed by atoms with Gasteiger partial charge in [-0.3, -0.25) is 14.5 Å². The summed E-state index contributed by atoms with van der Waals surface area (Å²) < 4.78 is 23.3. The molecule has 0 spiro atoms. The van der Waals surface area contributed by atoms with Crippen molar-refractivity contribution in [2.45, 2.75) is 40.2 Å². The standard InChI is InChI=1S/C31H30ClNO6/c1-6-12-38-24-10-8-19(15-26(24)37-7-2)28-27-29(34)21-13-17(3)18(4)14-25(21)39-30(27)31(35)33(28)20-9-11-23(36-5)22(32)16-20/h8-11,13-16,28H,6-7,12H2,1-5H3. The summed E-state index contributed by atoms with van der Waals surface area (Å²) in [6, 6.07) is 13.4.